The van der Waals surface area contributed by atoms with Crippen LogP contribution in [0.4, 0.5) is 23.7 Å². The van der Waals surface area contributed by atoms with E-state index in [0.717, 1.165) is 28.5 Å². The van der Waals surface area contributed by atoms with E-state index >= 15 is 0 Å². The van der Waals surface area contributed by atoms with E-state index in [-0.39, 0.29) is 22.6 Å². The first-order valence-electron chi connectivity index (χ1n) is 13.0. The second kappa shape index (κ2) is 12.6. The summed E-state index contributed by atoms with van der Waals surface area (Å²) in [5.41, 5.74) is 7.34. The number of amides is 3. The molecule has 1 saturated heterocycles. The molecule has 3 amide bonds. The number of nitrogens with zero attached hydrogens (tertiary/aromatic N) is 6. The van der Waals surface area contributed by atoms with Gasteiger partial charge in [0.15, 0.2) is 11.0 Å². The molecule has 0 unspecified atom stereocenters. The van der Waals surface area contributed by atoms with Crippen LogP contribution in [0, 0.1) is 6.92 Å². The van der Waals surface area contributed by atoms with E-state index < -0.39 is 12.4 Å². The zero-order valence-corrected chi connectivity index (χ0v) is 24.2. The average Bonchev–Trinajstić information content (AvgIpc) is 3.60. The van der Waals surface area contributed by atoms with Gasteiger partial charge in [0.05, 0.1) is 23.3 Å². The van der Waals surface area contributed by atoms with Crippen molar-refractivity contribution in [3.8, 4) is 22.8 Å². The Bertz CT molecular complexity index is 1780. The van der Waals surface area contributed by atoms with Crippen molar-refractivity contribution in [1.29, 1.82) is 0 Å². The number of hydrogen-bond acceptors (Lipinski definition) is 7. The average molecular weight is 620 g/mol. The number of aryl methyl sites for hydroxylation is 1. The minimum atomic E-state index is -4.77. The van der Waals surface area contributed by atoms with Crippen molar-refractivity contribution >= 4 is 46.3 Å². The van der Waals surface area contributed by atoms with E-state index in [1.54, 1.807) is 24.3 Å². The van der Waals surface area contributed by atoms with Crippen LogP contribution in [-0.4, -0.2) is 50.2 Å². The fourth-order valence-corrected chi connectivity index (χ4v) is 5.04. The van der Waals surface area contributed by atoms with Crippen LogP contribution >= 0.6 is 11.8 Å². The molecule has 14 heteroatoms. The third-order valence-electron chi connectivity index (χ3n) is 6.19. The number of hydrogen-bond donors (Lipinski definition) is 1. The van der Waals surface area contributed by atoms with E-state index in [0.29, 0.717) is 28.3 Å². The molecule has 2 heterocycles. The number of carbonyl (C=O) groups is 2. The van der Waals surface area contributed by atoms with Crippen molar-refractivity contribution in [1.82, 2.24) is 20.2 Å². The SMILES string of the molecule is C=C(C)c1ccc(C)cc1N1C(=O)CS/C1=N\C(=O)N/N=C/c1ccc(-c2ncn(-c3ccc(OC(F)(F)F)cc3)n2)cc1. The summed E-state index contributed by atoms with van der Waals surface area (Å²) in [5, 5.41) is 8.58. The standard InChI is InChI=1S/C30H24F3N7O3S/c1-18(2)24-13-4-19(3)14-25(24)40-26(41)16-44-29(40)36-28(42)37-35-15-20-5-7-21(8-6-20)27-34-17-39(38-27)22-9-11-23(12-10-22)43-30(31,32)33/h4-15,17H,1,16H2,2-3H3,(H,37,42)/b35-15+,36-29-. The van der Waals surface area contributed by atoms with E-state index in [4.69, 9.17) is 0 Å². The number of alkyl halides is 3. The van der Waals surface area contributed by atoms with Crippen LogP contribution in [-0.2, 0) is 4.79 Å². The number of thioether (sulfide) groups is 1. The van der Waals surface area contributed by atoms with Crippen LogP contribution in [0.15, 0.2) is 89.7 Å². The molecular formula is C30H24F3N7O3S. The summed E-state index contributed by atoms with van der Waals surface area (Å²) in [6.07, 6.45) is -1.89. The number of urea groups is 1. The molecule has 5 rings (SSSR count). The fraction of sp³-hybridized carbons (Fsp3) is 0.133. The Labute approximate surface area is 254 Å². The van der Waals surface area contributed by atoms with E-state index in [1.807, 2.05) is 32.0 Å². The topological polar surface area (TPSA) is 114 Å². The highest BCUT2D eigenvalue weighted by atomic mass is 32.2. The molecule has 0 bridgehead atoms. The fourth-order valence-electron chi connectivity index (χ4n) is 4.18. The van der Waals surface area contributed by atoms with Gasteiger partial charge in [-0.3, -0.25) is 9.69 Å². The smallest absolute Gasteiger partial charge is 0.406 e. The van der Waals surface area contributed by atoms with Gasteiger partial charge in [-0.25, -0.2) is 19.9 Å². The Morgan fingerprint density at radius 3 is 2.52 bits per heavy atom. The zero-order chi connectivity index (χ0) is 31.4. The maximum atomic E-state index is 12.7. The van der Waals surface area contributed by atoms with Gasteiger partial charge < -0.3 is 4.74 Å². The van der Waals surface area contributed by atoms with Crippen LogP contribution in [0.25, 0.3) is 22.6 Å². The van der Waals surface area contributed by atoms with E-state index in [2.05, 4.69) is 36.9 Å². The van der Waals surface area contributed by atoms with Gasteiger partial charge in [-0.1, -0.05) is 54.7 Å². The molecule has 1 aromatic heterocycles. The van der Waals surface area contributed by atoms with Gasteiger partial charge in [0.1, 0.15) is 12.1 Å². The number of aliphatic imine (C=N–C) groups is 1. The molecule has 10 nitrogen and oxygen atoms in total. The first kappa shape index (κ1) is 30.2. The molecule has 0 saturated carbocycles. The lowest BCUT2D eigenvalue weighted by molar-refractivity contribution is -0.274. The van der Waals surface area contributed by atoms with Gasteiger partial charge in [0.2, 0.25) is 5.91 Å². The van der Waals surface area contributed by atoms with Crippen LogP contribution < -0.4 is 15.1 Å². The first-order valence-corrected chi connectivity index (χ1v) is 14.0. The Balaban J connectivity index is 1.22. The summed E-state index contributed by atoms with van der Waals surface area (Å²) in [6.45, 7) is 7.75. The molecule has 0 radical (unpaired) electrons. The number of anilines is 1. The number of carbonyl (C=O) groups excluding carboxylic acids is 2. The molecular weight excluding hydrogens is 595 g/mol. The number of aromatic nitrogens is 3. The number of hydrazone groups is 1. The van der Waals surface area contributed by atoms with Gasteiger partial charge in [0, 0.05) is 11.1 Å². The molecule has 4 aromatic rings. The predicted octanol–water partition coefficient (Wildman–Crippen LogP) is 6.35. The second-order valence-electron chi connectivity index (χ2n) is 9.56. The number of halogens is 3. The molecule has 3 aromatic carbocycles. The number of benzene rings is 3. The van der Waals surface area contributed by atoms with Crippen molar-refractivity contribution in [2.75, 3.05) is 10.7 Å². The molecule has 1 aliphatic rings. The van der Waals surface area contributed by atoms with E-state index in [9.17, 15) is 22.8 Å². The van der Waals surface area contributed by atoms with Crippen molar-refractivity contribution < 1.29 is 27.5 Å². The molecule has 0 atom stereocenters. The molecule has 1 aliphatic heterocycles. The van der Waals surface area contributed by atoms with Crippen LogP contribution in [0.3, 0.4) is 0 Å². The highest BCUT2D eigenvalue weighted by molar-refractivity contribution is 8.15. The largest absolute Gasteiger partial charge is 0.573 e. The lowest BCUT2D eigenvalue weighted by atomic mass is 10.0. The van der Waals surface area contributed by atoms with Crippen LogP contribution in [0.5, 0.6) is 5.75 Å². The lowest BCUT2D eigenvalue weighted by Gasteiger charge is -2.20. The van der Waals surface area contributed by atoms with Crippen molar-refractivity contribution in [3.05, 3.63) is 96.3 Å². The molecule has 0 aliphatic carbocycles. The minimum absolute atomic E-state index is 0.154. The molecule has 1 N–H and O–H groups in total. The zero-order valence-electron chi connectivity index (χ0n) is 23.4. The normalized spacial score (nSPS) is 14.4. The molecule has 44 heavy (non-hydrogen) atoms. The van der Waals surface area contributed by atoms with Gasteiger partial charge in [-0.05, 0) is 60.9 Å². The first-order chi connectivity index (χ1) is 21.0. The van der Waals surface area contributed by atoms with Gasteiger partial charge >= 0.3 is 12.4 Å². The summed E-state index contributed by atoms with van der Waals surface area (Å²) < 4.78 is 42.5. The third-order valence-corrected chi connectivity index (χ3v) is 7.11. The van der Waals surface area contributed by atoms with Crippen molar-refractivity contribution in [2.45, 2.75) is 20.2 Å². The number of amidine groups is 1. The quantitative estimate of drug-likeness (QED) is 0.190. The summed E-state index contributed by atoms with van der Waals surface area (Å²) in [7, 11) is 0. The summed E-state index contributed by atoms with van der Waals surface area (Å²) >= 11 is 1.16. The highest BCUT2D eigenvalue weighted by Crippen LogP contribution is 2.33. The Morgan fingerprint density at radius 1 is 1.11 bits per heavy atom. The van der Waals surface area contributed by atoms with Gasteiger partial charge in [-0.2, -0.15) is 10.1 Å². The number of allylic oxidation sites excluding steroid dienone is 1. The number of rotatable bonds is 7. The Kier molecular flexibility index (Phi) is 8.62. The predicted molar refractivity (Wildman–Crippen MR) is 163 cm³/mol. The second-order valence-corrected chi connectivity index (χ2v) is 10.5. The number of nitrogens with one attached hydrogen (secondary N) is 1. The van der Waals surface area contributed by atoms with Gasteiger partial charge in [0.25, 0.3) is 0 Å². The number of ether oxygens (including phenoxy) is 1. The van der Waals surface area contributed by atoms with Crippen molar-refractivity contribution in [3.63, 3.8) is 0 Å². The molecule has 1 fully saturated rings. The Hall–Kier alpha value is -5.24. The summed E-state index contributed by atoms with van der Waals surface area (Å²) in [4.78, 5) is 35.0. The summed E-state index contributed by atoms with van der Waals surface area (Å²) in [5.74, 6) is 0.0222. The third kappa shape index (κ3) is 7.21. The molecule has 0 spiro atoms. The molecule has 224 valence electrons. The minimum Gasteiger partial charge on any atom is -0.406 e. The summed E-state index contributed by atoms with van der Waals surface area (Å²) in [6, 6.07) is 17.2. The van der Waals surface area contributed by atoms with Crippen LogP contribution in [0.1, 0.15) is 23.6 Å². The maximum absolute atomic E-state index is 12.7. The highest BCUT2D eigenvalue weighted by Gasteiger charge is 2.32. The van der Waals surface area contributed by atoms with Crippen LogP contribution in [0.2, 0.25) is 0 Å². The lowest BCUT2D eigenvalue weighted by Crippen LogP contribution is -2.31. The Morgan fingerprint density at radius 2 is 1.84 bits per heavy atom. The van der Waals surface area contributed by atoms with E-state index in [1.165, 1.54) is 46.4 Å². The maximum Gasteiger partial charge on any atom is 0.573 e. The monoisotopic (exact) mass is 619 g/mol. The van der Waals surface area contributed by atoms with Gasteiger partial charge in [-0.15, -0.1) is 18.3 Å². The van der Waals surface area contributed by atoms with Crippen molar-refractivity contribution in [2.24, 2.45) is 10.1 Å².